The molecule has 0 heterocycles. The summed E-state index contributed by atoms with van der Waals surface area (Å²) >= 11 is 0. The summed E-state index contributed by atoms with van der Waals surface area (Å²) in [4.78, 5) is 47.1. The average Bonchev–Trinajstić information content (AvgIpc) is 2.58. The summed E-state index contributed by atoms with van der Waals surface area (Å²) in [5.74, 6) is -1.41. The van der Waals surface area contributed by atoms with Crippen molar-refractivity contribution >= 4 is 23.9 Å². The second-order valence-electron chi connectivity index (χ2n) is 6.84. The molecule has 1 rings (SSSR count). The Bertz CT molecular complexity index is 701. The van der Waals surface area contributed by atoms with Crippen LogP contribution >= 0.6 is 0 Å². The number of amides is 5. The lowest BCUT2D eigenvalue weighted by atomic mass is 10.1. The van der Waals surface area contributed by atoms with Crippen molar-refractivity contribution in [1.82, 2.24) is 21.3 Å². The summed E-state index contributed by atoms with van der Waals surface area (Å²) in [6.45, 7) is 8.90. The van der Waals surface area contributed by atoms with E-state index in [0.717, 1.165) is 5.56 Å². The largest absolute Gasteiger partial charge is 0.449 e. The molecule has 0 aliphatic heterocycles. The Morgan fingerprint density at radius 3 is 1.93 bits per heavy atom. The number of esters is 1. The van der Waals surface area contributed by atoms with Gasteiger partial charge in [0.25, 0.3) is 5.91 Å². The molecule has 0 saturated heterocycles. The Kier molecular flexibility index (Phi) is 8.94. The van der Waals surface area contributed by atoms with Crippen LogP contribution in [0.5, 0.6) is 0 Å². The number of carbonyl (C=O) groups is 4. The maximum atomic E-state index is 12.1. The van der Waals surface area contributed by atoms with E-state index < -0.39 is 24.0 Å². The number of rotatable bonds is 7. The van der Waals surface area contributed by atoms with Gasteiger partial charge in [0.05, 0.1) is 5.56 Å². The lowest BCUT2D eigenvalue weighted by Crippen LogP contribution is -2.46. The zero-order chi connectivity index (χ0) is 21.3. The number of imide groups is 1. The Morgan fingerprint density at radius 2 is 1.39 bits per heavy atom. The van der Waals surface area contributed by atoms with Gasteiger partial charge in [0.2, 0.25) is 0 Å². The summed E-state index contributed by atoms with van der Waals surface area (Å²) in [7, 11) is 0. The van der Waals surface area contributed by atoms with Gasteiger partial charge in [-0.25, -0.2) is 14.4 Å². The van der Waals surface area contributed by atoms with Crippen molar-refractivity contribution in [1.29, 1.82) is 0 Å². The van der Waals surface area contributed by atoms with E-state index in [0.29, 0.717) is 6.54 Å². The summed E-state index contributed by atoms with van der Waals surface area (Å²) in [6.07, 6.45) is -1.13. The Labute approximate surface area is 164 Å². The molecule has 0 aliphatic rings. The van der Waals surface area contributed by atoms with E-state index in [9.17, 15) is 19.2 Å². The molecule has 1 atom stereocenters. The lowest BCUT2D eigenvalue weighted by molar-refractivity contribution is -0.127. The van der Waals surface area contributed by atoms with Crippen molar-refractivity contribution in [3.05, 3.63) is 35.4 Å². The molecule has 1 aromatic carbocycles. The van der Waals surface area contributed by atoms with Crippen molar-refractivity contribution in [2.75, 3.05) is 0 Å². The molecule has 0 bridgehead atoms. The second kappa shape index (κ2) is 10.9. The van der Waals surface area contributed by atoms with E-state index in [4.69, 9.17) is 4.74 Å². The van der Waals surface area contributed by atoms with Crippen LogP contribution in [0.2, 0.25) is 0 Å². The van der Waals surface area contributed by atoms with Crippen molar-refractivity contribution in [3.63, 3.8) is 0 Å². The SMILES string of the molecule is CC(C)NC(=O)NCc1ccc(C(=O)O[C@@H](C)C(=O)NC(=O)NC(C)C)cc1. The van der Waals surface area contributed by atoms with Crippen molar-refractivity contribution in [2.24, 2.45) is 0 Å². The normalized spacial score (nSPS) is 11.5. The van der Waals surface area contributed by atoms with Crippen LogP contribution in [0, 0.1) is 0 Å². The number of nitrogens with one attached hydrogen (secondary N) is 4. The maximum absolute atomic E-state index is 12.1. The zero-order valence-electron chi connectivity index (χ0n) is 16.8. The van der Waals surface area contributed by atoms with E-state index >= 15 is 0 Å². The first kappa shape index (κ1) is 22.9. The number of hydrogen-bond acceptors (Lipinski definition) is 5. The molecular formula is C19H28N4O5. The molecule has 0 saturated carbocycles. The predicted molar refractivity (Wildman–Crippen MR) is 104 cm³/mol. The first-order valence-corrected chi connectivity index (χ1v) is 9.04. The highest BCUT2D eigenvalue weighted by Crippen LogP contribution is 2.08. The Morgan fingerprint density at radius 1 is 0.857 bits per heavy atom. The number of carbonyl (C=O) groups excluding carboxylic acids is 4. The maximum Gasteiger partial charge on any atom is 0.338 e. The minimum Gasteiger partial charge on any atom is -0.449 e. The van der Waals surface area contributed by atoms with Crippen LogP contribution < -0.4 is 21.3 Å². The molecule has 9 heteroatoms. The fourth-order valence-electron chi connectivity index (χ4n) is 2.05. The van der Waals surface area contributed by atoms with Crippen molar-refractivity contribution in [2.45, 2.75) is 59.4 Å². The molecule has 0 unspecified atom stereocenters. The molecule has 1 aromatic rings. The van der Waals surface area contributed by atoms with Gasteiger partial charge < -0.3 is 20.7 Å². The quantitative estimate of drug-likeness (QED) is 0.525. The lowest BCUT2D eigenvalue weighted by Gasteiger charge is -2.14. The van der Waals surface area contributed by atoms with Crippen LogP contribution in [-0.4, -0.2) is 42.1 Å². The summed E-state index contributed by atoms with van der Waals surface area (Å²) in [5, 5.41) is 10.0. The van der Waals surface area contributed by atoms with E-state index in [2.05, 4.69) is 21.3 Å². The van der Waals surface area contributed by atoms with E-state index in [1.54, 1.807) is 26.0 Å². The third kappa shape index (κ3) is 8.52. The monoisotopic (exact) mass is 392 g/mol. The number of hydrogen-bond donors (Lipinski definition) is 4. The number of urea groups is 2. The van der Waals surface area contributed by atoms with Gasteiger partial charge in [0.1, 0.15) is 0 Å². The van der Waals surface area contributed by atoms with Crippen LogP contribution in [0.15, 0.2) is 24.3 Å². The van der Waals surface area contributed by atoms with Gasteiger partial charge in [0.15, 0.2) is 6.10 Å². The molecule has 0 spiro atoms. The average molecular weight is 392 g/mol. The molecular weight excluding hydrogens is 364 g/mol. The molecule has 0 aliphatic carbocycles. The molecule has 4 N–H and O–H groups in total. The fraction of sp³-hybridized carbons (Fsp3) is 0.474. The smallest absolute Gasteiger partial charge is 0.338 e. The van der Waals surface area contributed by atoms with Crippen LogP contribution in [0.4, 0.5) is 9.59 Å². The third-order valence-electron chi connectivity index (χ3n) is 3.37. The Hall–Kier alpha value is -3.10. The zero-order valence-corrected chi connectivity index (χ0v) is 16.8. The molecule has 0 aromatic heterocycles. The van der Waals surface area contributed by atoms with Gasteiger partial charge in [-0.15, -0.1) is 0 Å². The van der Waals surface area contributed by atoms with Gasteiger partial charge in [0, 0.05) is 18.6 Å². The molecule has 154 valence electrons. The van der Waals surface area contributed by atoms with E-state index in [1.807, 2.05) is 13.8 Å². The van der Waals surface area contributed by atoms with Crippen LogP contribution in [0.1, 0.15) is 50.5 Å². The number of ether oxygens (including phenoxy) is 1. The molecule has 0 radical (unpaired) electrons. The molecule has 9 nitrogen and oxygen atoms in total. The van der Waals surface area contributed by atoms with Gasteiger partial charge in [-0.05, 0) is 52.3 Å². The highest BCUT2D eigenvalue weighted by Gasteiger charge is 2.21. The van der Waals surface area contributed by atoms with Crippen molar-refractivity contribution < 1.29 is 23.9 Å². The van der Waals surface area contributed by atoms with Crippen molar-refractivity contribution in [3.8, 4) is 0 Å². The van der Waals surface area contributed by atoms with Gasteiger partial charge in [-0.2, -0.15) is 0 Å². The van der Waals surface area contributed by atoms with Gasteiger partial charge in [-0.3, -0.25) is 10.1 Å². The van der Waals surface area contributed by atoms with Crippen LogP contribution in [0.3, 0.4) is 0 Å². The third-order valence-corrected chi connectivity index (χ3v) is 3.37. The minimum absolute atomic E-state index is 0.0350. The first-order valence-electron chi connectivity index (χ1n) is 9.04. The van der Waals surface area contributed by atoms with E-state index in [1.165, 1.54) is 19.1 Å². The highest BCUT2D eigenvalue weighted by atomic mass is 16.5. The Balaban J connectivity index is 2.52. The number of benzene rings is 1. The minimum atomic E-state index is -1.13. The molecule has 28 heavy (non-hydrogen) atoms. The summed E-state index contributed by atoms with van der Waals surface area (Å²) in [6, 6.07) is 5.40. The van der Waals surface area contributed by atoms with Gasteiger partial charge in [-0.1, -0.05) is 12.1 Å². The van der Waals surface area contributed by atoms with E-state index in [-0.39, 0.29) is 23.7 Å². The second-order valence-corrected chi connectivity index (χ2v) is 6.84. The predicted octanol–water partition coefficient (Wildman–Crippen LogP) is 1.67. The van der Waals surface area contributed by atoms with Crippen LogP contribution in [0.25, 0.3) is 0 Å². The molecule has 5 amide bonds. The highest BCUT2D eigenvalue weighted by molar-refractivity contribution is 5.98. The first-order chi connectivity index (χ1) is 13.1. The summed E-state index contributed by atoms with van der Waals surface area (Å²) in [5.41, 5.74) is 1.05. The fourth-order valence-corrected chi connectivity index (χ4v) is 2.05. The topological polar surface area (TPSA) is 126 Å². The molecule has 0 fully saturated rings. The standard InChI is InChI=1S/C19H28N4O5/c1-11(2)21-18(26)20-10-14-6-8-15(9-7-14)17(25)28-13(5)16(24)23-19(27)22-12(3)4/h6-9,11-13H,10H2,1-5H3,(H2,20,21,26)(H2,22,23,24,27)/t13-/m0/s1. The van der Waals surface area contributed by atoms with Gasteiger partial charge >= 0.3 is 18.0 Å². The van der Waals surface area contributed by atoms with Crippen LogP contribution in [-0.2, 0) is 16.1 Å². The summed E-state index contributed by atoms with van der Waals surface area (Å²) < 4.78 is 5.08.